The van der Waals surface area contributed by atoms with Crippen molar-refractivity contribution >= 4 is 0 Å². The summed E-state index contributed by atoms with van der Waals surface area (Å²) in [6.07, 6.45) is 0. The summed E-state index contributed by atoms with van der Waals surface area (Å²) in [5.41, 5.74) is 0. The Balaban J connectivity index is 0. The SMILES string of the molecule is [Li+].[OH-].c1ccccc1. The largest absolute Gasteiger partial charge is 1.00 e. The average Bonchev–Trinajstić information content (AvgIpc) is 1.72. The molecule has 1 rings (SSSR count). The number of rotatable bonds is 0. The van der Waals surface area contributed by atoms with Gasteiger partial charge < -0.3 is 5.48 Å². The Morgan fingerprint density at radius 3 is 0.750 bits per heavy atom. The van der Waals surface area contributed by atoms with E-state index in [1.54, 1.807) is 0 Å². The molecule has 1 aromatic carbocycles. The summed E-state index contributed by atoms with van der Waals surface area (Å²) in [5.74, 6) is 0. The van der Waals surface area contributed by atoms with E-state index in [0.717, 1.165) is 0 Å². The Morgan fingerprint density at radius 1 is 0.500 bits per heavy atom. The van der Waals surface area contributed by atoms with Gasteiger partial charge in [-0.1, -0.05) is 36.4 Å². The molecule has 0 unspecified atom stereocenters. The van der Waals surface area contributed by atoms with E-state index >= 15 is 0 Å². The quantitative estimate of drug-likeness (QED) is 0.367. The molecule has 0 aliphatic heterocycles. The summed E-state index contributed by atoms with van der Waals surface area (Å²) < 4.78 is 0. The average molecular weight is 102 g/mol. The van der Waals surface area contributed by atoms with Crippen molar-refractivity contribution < 1.29 is 24.3 Å². The van der Waals surface area contributed by atoms with Gasteiger partial charge in [0.15, 0.2) is 0 Å². The normalized spacial score (nSPS) is 6.00. The zero-order chi connectivity index (χ0) is 4.24. The Labute approximate surface area is 61.2 Å². The summed E-state index contributed by atoms with van der Waals surface area (Å²) in [7, 11) is 0. The van der Waals surface area contributed by atoms with Gasteiger partial charge in [0, 0.05) is 0 Å². The molecule has 0 atom stereocenters. The first-order valence-electron chi connectivity index (χ1n) is 2.00. The van der Waals surface area contributed by atoms with Gasteiger partial charge in [-0.25, -0.2) is 0 Å². The molecule has 1 N–H and O–H groups in total. The Kier molecular flexibility index (Phi) is 9.07. The van der Waals surface area contributed by atoms with Gasteiger partial charge in [-0.3, -0.25) is 0 Å². The summed E-state index contributed by atoms with van der Waals surface area (Å²) >= 11 is 0. The maximum atomic E-state index is 2.00. The van der Waals surface area contributed by atoms with Crippen molar-refractivity contribution in [1.29, 1.82) is 0 Å². The predicted molar refractivity (Wildman–Crippen MR) is 28.4 cm³/mol. The Hall–Kier alpha value is -0.223. The molecule has 0 spiro atoms. The molecular formula is C6H7LiO. The molecule has 0 amide bonds. The summed E-state index contributed by atoms with van der Waals surface area (Å²) in [6.45, 7) is 0. The fourth-order valence-corrected chi connectivity index (χ4v) is 0.385. The van der Waals surface area contributed by atoms with Crippen LogP contribution in [-0.2, 0) is 0 Å². The van der Waals surface area contributed by atoms with Crippen molar-refractivity contribution in [3.05, 3.63) is 36.4 Å². The minimum Gasteiger partial charge on any atom is -0.870 e. The third kappa shape index (κ3) is 3.95. The van der Waals surface area contributed by atoms with E-state index in [1.807, 2.05) is 36.4 Å². The molecule has 38 valence electrons. The molecule has 0 saturated carbocycles. The molecule has 1 nitrogen and oxygen atoms in total. The third-order valence-corrected chi connectivity index (χ3v) is 0.667. The van der Waals surface area contributed by atoms with Crippen LogP contribution in [0.1, 0.15) is 0 Å². The van der Waals surface area contributed by atoms with E-state index in [1.165, 1.54) is 0 Å². The van der Waals surface area contributed by atoms with Crippen LogP contribution in [0.25, 0.3) is 0 Å². The van der Waals surface area contributed by atoms with Crippen molar-refractivity contribution in [3.8, 4) is 0 Å². The molecule has 0 saturated heterocycles. The van der Waals surface area contributed by atoms with E-state index < -0.39 is 0 Å². The monoisotopic (exact) mass is 102 g/mol. The molecule has 2 heteroatoms. The molecule has 1 aromatic rings. The van der Waals surface area contributed by atoms with E-state index in [2.05, 4.69) is 0 Å². The predicted octanol–water partition coefficient (Wildman–Crippen LogP) is -1.49. The van der Waals surface area contributed by atoms with E-state index in [9.17, 15) is 0 Å². The molecule has 0 heterocycles. The van der Waals surface area contributed by atoms with Crippen molar-refractivity contribution in [1.82, 2.24) is 0 Å². The second-order valence-electron chi connectivity index (χ2n) is 1.15. The minimum atomic E-state index is 0. The standard InChI is InChI=1S/C6H6.Li.H2O/c1-2-4-6-5-3-1;;/h1-6H;;1H2/q;+1;/p-1. The van der Waals surface area contributed by atoms with Crippen molar-refractivity contribution in [2.45, 2.75) is 0 Å². The van der Waals surface area contributed by atoms with E-state index in [0.29, 0.717) is 0 Å². The summed E-state index contributed by atoms with van der Waals surface area (Å²) in [6, 6.07) is 12.0. The first kappa shape index (κ1) is 10.7. The van der Waals surface area contributed by atoms with Gasteiger partial charge in [0.05, 0.1) is 0 Å². The van der Waals surface area contributed by atoms with Gasteiger partial charge in [0.25, 0.3) is 0 Å². The number of benzene rings is 1. The second kappa shape index (κ2) is 6.78. The van der Waals surface area contributed by atoms with Gasteiger partial charge in [-0.05, 0) is 0 Å². The topological polar surface area (TPSA) is 30.0 Å². The second-order valence-corrected chi connectivity index (χ2v) is 1.15. The first-order valence-corrected chi connectivity index (χ1v) is 2.00. The first-order chi connectivity index (χ1) is 3.00. The van der Waals surface area contributed by atoms with Crippen LogP contribution >= 0.6 is 0 Å². The third-order valence-electron chi connectivity index (χ3n) is 0.667. The van der Waals surface area contributed by atoms with Gasteiger partial charge >= 0.3 is 18.9 Å². The van der Waals surface area contributed by atoms with Crippen LogP contribution in [0.5, 0.6) is 0 Å². The Morgan fingerprint density at radius 2 is 0.625 bits per heavy atom. The van der Waals surface area contributed by atoms with Gasteiger partial charge in [0.2, 0.25) is 0 Å². The summed E-state index contributed by atoms with van der Waals surface area (Å²) in [4.78, 5) is 0. The summed E-state index contributed by atoms with van der Waals surface area (Å²) in [5, 5.41) is 0. The maximum absolute atomic E-state index is 2.00. The van der Waals surface area contributed by atoms with Crippen LogP contribution < -0.4 is 18.9 Å². The van der Waals surface area contributed by atoms with Crippen LogP contribution in [0.15, 0.2) is 36.4 Å². The van der Waals surface area contributed by atoms with Crippen LogP contribution in [0.2, 0.25) is 0 Å². The van der Waals surface area contributed by atoms with Crippen molar-refractivity contribution in [3.63, 3.8) is 0 Å². The number of hydrogen-bond acceptors (Lipinski definition) is 1. The zero-order valence-electron chi connectivity index (χ0n) is 4.91. The Bertz CT molecular complexity index is 80.5. The van der Waals surface area contributed by atoms with Crippen molar-refractivity contribution in [2.24, 2.45) is 0 Å². The molecule has 0 aromatic heterocycles. The molecule has 8 heavy (non-hydrogen) atoms. The van der Waals surface area contributed by atoms with E-state index in [-0.39, 0.29) is 24.3 Å². The molecular weight excluding hydrogens is 95.0 g/mol. The molecule has 0 radical (unpaired) electrons. The van der Waals surface area contributed by atoms with Crippen LogP contribution in [-0.4, -0.2) is 5.48 Å². The minimum absolute atomic E-state index is 0. The number of hydrogen-bond donors (Lipinski definition) is 0. The maximum Gasteiger partial charge on any atom is 1.00 e. The van der Waals surface area contributed by atoms with Gasteiger partial charge in [-0.15, -0.1) is 0 Å². The fraction of sp³-hybridized carbons (Fsp3) is 0. The van der Waals surface area contributed by atoms with Crippen LogP contribution in [0.3, 0.4) is 0 Å². The van der Waals surface area contributed by atoms with E-state index in [4.69, 9.17) is 0 Å². The van der Waals surface area contributed by atoms with Crippen LogP contribution in [0.4, 0.5) is 0 Å². The van der Waals surface area contributed by atoms with Crippen LogP contribution in [0, 0.1) is 0 Å². The molecule has 0 bridgehead atoms. The van der Waals surface area contributed by atoms with Crippen molar-refractivity contribution in [2.75, 3.05) is 0 Å². The smallest absolute Gasteiger partial charge is 0.870 e. The van der Waals surface area contributed by atoms with Gasteiger partial charge in [-0.2, -0.15) is 0 Å². The zero-order valence-corrected chi connectivity index (χ0v) is 4.91. The molecule has 0 aliphatic rings. The molecule has 0 aliphatic carbocycles. The van der Waals surface area contributed by atoms with Gasteiger partial charge in [0.1, 0.15) is 0 Å². The fourth-order valence-electron chi connectivity index (χ4n) is 0.385. The molecule has 0 fully saturated rings.